The van der Waals surface area contributed by atoms with Gasteiger partial charge in [0, 0.05) is 0 Å². The van der Waals surface area contributed by atoms with Gasteiger partial charge in [0.25, 0.3) is 0 Å². The molecule has 1 aliphatic heterocycles. The maximum absolute atomic E-state index is 9.12. The Morgan fingerprint density at radius 3 is 2.56 bits per heavy atom. The average Bonchev–Trinajstić information content (AvgIpc) is 2.90. The van der Waals surface area contributed by atoms with Crippen molar-refractivity contribution in [1.82, 2.24) is 0 Å². The smallest absolute Gasteiger partial charge is 0.119 e. The number of aliphatic hydroxyl groups excluding tert-OH is 1. The zero-order chi connectivity index (χ0) is 12.0. The number of rotatable bonds is 3. The van der Waals surface area contributed by atoms with Gasteiger partial charge in [0.1, 0.15) is 11.7 Å². The van der Waals surface area contributed by atoms with Crippen LogP contribution in [0.2, 0.25) is 19.6 Å². The molecule has 0 spiro atoms. The Morgan fingerprint density at radius 2 is 2.06 bits per heavy atom. The van der Waals surface area contributed by atoms with Crippen LogP contribution in [-0.4, -0.2) is 25.9 Å². The van der Waals surface area contributed by atoms with E-state index >= 15 is 0 Å². The van der Waals surface area contributed by atoms with Gasteiger partial charge in [-0.25, -0.2) is 0 Å². The summed E-state index contributed by atoms with van der Waals surface area (Å²) in [5, 5.41) is 10.6. The number of hydrogen-bond acceptors (Lipinski definition) is 2. The van der Waals surface area contributed by atoms with Gasteiger partial charge in [0.05, 0.1) is 14.7 Å². The van der Waals surface area contributed by atoms with Crippen LogP contribution in [-0.2, 0) is 10.3 Å². The number of ether oxygens (including phenoxy) is 1. The SMILES string of the molecule is C[C@@]1(c2cccc([Si](C)(C)C)c2)O[C@H]1CO. The van der Waals surface area contributed by atoms with E-state index in [1.54, 1.807) is 0 Å². The second-order valence-corrected chi connectivity index (χ2v) is 10.8. The third kappa shape index (κ3) is 1.95. The van der Waals surface area contributed by atoms with Gasteiger partial charge in [-0.15, -0.1) is 0 Å². The predicted octanol–water partition coefficient (Wildman–Crippen LogP) is 1.84. The number of aliphatic hydroxyl groups is 1. The van der Waals surface area contributed by atoms with E-state index in [0.717, 1.165) is 0 Å². The first-order chi connectivity index (χ1) is 7.38. The van der Waals surface area contributed by atoms with Gasteiger partial charge in [-0.3, -0.25) is 0 Å². The summed E-state index contributed by atoms with van der Waals surface area (Å²) in [4.78, 5) is 0. The minimum atomic E-state index is -1.27. The third-order valence-electron chi connectivity index (χ3n) is 3.41. The third-order valence-corrected chi connectivity index (χ3v) is 5.45. The minimum absolute atomic E-state index is 0.0237. The molecule has 1 N–H and O–H groups in total. The van der Waals surface area contributed by atoms with Crippen LogP contribution in [0.15, 0.2) is 24.3 Å². The fourth-order valence-electron chi connectivity index (χ4n) is 2.02. The molecule has 1 aromatic carbocycles. The molecule has 0 radical (unpaired) electrons. The molecule has 2 nitrogen and oxygen atoms in total. The first kappa shape index (κ1) is 11.8. The van der Waals surface area contributed by atoms with Gasteiger partial charge in [-0.1, -0.05) is 49.1 Å². The van der Waals surface area contributed by atoms with Crippen LogP contribution < -0.4 is 5.19 Å². The molecule has 0 saturated carbocycles. The van der Waals surface area contributed by atoms with E-state index in [2.05, 4.69) is 50.8 Å². The lowest BCUT2D eigenvalue weighted by atomic mass is 9.98. The standard InChI is InChI=1S/C13H20O2Si/c1-13(12(9-14)15-13)10-6-5-7-11(8-10)16(2,3)4/h5-8,12,14H,9H2,1-4H3/t12-,13-/m0/s1. The fourth-order valence-corrected chi connectivity index (χ4v) is 3.21. The topological polar surface area (TPSA) is 32.8 Å². The van der Waals surface area contributed by atoms with E-state index < -0.39 is 8.07 Å². The molecule has 3 heteroatoms. The molecular weight excluding hydrogens is 216 g/mol. The van der Waals surface area contributed by atoms with Crippen LogP contribution in [0.3, 0.4) is 0 Å². The van der Waals surface area contributed by atoms with E-state index in [1.807, 2.05) is 0 Å². The van der Waals surface area contributed by atoms with Crippen LogP contribution >= 0.6 is 0 Å². The van der Waals surface area contributed by atoms with Crippen molar-refractivity contribution in [2.75, 3.05) is 6.61 Å². The first-order valence-electron chi connectivity index (χ1n) is 5.77. The fraction of sp³-hybridized carbons (Fsp3) is 0.538. The van der Waals surface area contributed by atoms with Crippen molar-refractivity contribution in [3.8, 4) is 0 Å². The van der Waals surface area contributed by atoms with Gasteiger partial charge in [0.2, 0.25) is 0 Å². The first-order valence-corrected chi connectivity index (χ1v) is 9.27. The molecule has 2 atom stereocenters. The highest BCUT2D eigenvalue weighted by Crippen LogP contribution is 2.45. The van der Waals surface area contributed by atoms with Crippen LogP contribution in [0.25, 0.3) is 0 Å². The van der Waals surface area contributed by atoms with Gasteiger partial charge < -0.3 is 9.84 Å². The summed E-state index contributed by atoms with van der Waals surface area (Å²) in [6.07, 6.45) is -0.0237. The van der Waals surface area contributed by atoms with Crippen molar-refractivity contribution in [3.05, 3.63) is 29.8 Å². The van der Waals surface area contributed by atoms with Gasteiger partial charge in [0.15, 0.2) is 0 Å². The van der Waals surface area contributed by atoms with Crippen molar-refractivity contribution >= 4 is 13.3 Å². The van der Waals surface area contributed by atoms with Crippen LogP contribution in [0.4, 0.5) is 0 Å². The molecule has 88 valence electrons. The minimum Gasteiger partial charge on any atom is -0.394 e. The number of hydrogen-bond donors (Lipinski definition) is 1. The normalized spacial score (nSPS) is 29.2. The second kappa shape index (κ2) is 3.69. The van der Waals surface area contributed by atoms with Crippen molar-refractivity contribution in [2.24, 2.45) is 0 Å². The van der Waals surface area contributed by atoms with Crippen molar-refractivity contribution in [1.29, 1.82) is 0 Å². The highest BCUT2D eigenvalue weighted by Gasteiger charge is 2.53. The van der Waals surface area contributed by atoms with Crippen molar-refractivity contribution in [3.63, 3.8) is 0 Å². The Hall–Kier alpha value is -0.643. The van der Waals surface area contributed by atoms with Crippen molar-refractivity contribution < 1.29 is 9.84 Å². The molecule has 0 bridgehead atoms. The van der Waals surface area contributed by atoms with Crippen LogP contribution in [0.5, 0.6) is 0 Å². The summed E-state index contributed by atoms with van der Waals surface area (Å²) in [6, 6.07) is 8.65. The van der Waals surface area contributed by atoms with Gasteiger partial charge in [-0.05, 0) is 12.5 Å². The Bertz CT molecular complexity index is 397. The van der Waals surface area contributed by atoms with E-state index in [0.29, 0.717) is 0 Å². The molecule has 0 amide bonds. The quantitative estimate of drug-likeness (QED) is 0.641. The zero-order valence-corrected chi connectivity index (χ0v) is 11.4. The lowest BCUT2D eigenvalue weighted by molar-refractivity contribution is 0.237. The monoisotopic (exact) mass is 236 g/mol. The maximum atomic E-state index is 9.12. The van der Waals surface area contributed by atoms with E-state index in [9.17, 15) is 0 Å². The highest BCUT2D eigenvalue weighted by atomic mass is 28.3. The number of epoxide rings is 1. The average molecular weight is 236 g/mol. The molecule has 0 aromatic heterocycles. The van der Waals surface area contributed by atoms with E-state index in [1.165, 1.54) is 10.8 Å². The Morgan fingerprint density at radius 1 is 1.38 bits per heavy atom. The molecule has 1 aromatic rings. The number of benzene rings is 1. The van der Waals surface area contributed by atoms with Gasteiger partial charge in [-0.2, -0.15) is 0 Å². The highest BCUT2D eigenvalue weighted by molar-refractivity contribution is 6.88. The molecule has 0 unspecified atom stereocenters. The molecule has 1 saturated heterocycles. The summed E-state index contributed by atoms with van der Waals surface area (Å²) in [6.45, 7) is 9.17. The zero-order valence-electron chi connectivity index (χ0n) is 10.4. The molecule has 1 fully saturated rings. The van der Waals surface area contributed by atoms with Crippen molar-refractivity contribution in [2.45, 2.75) is 38.3 Å². The lowest BCUT2D eigenvalue weighted by Crippen LogP contribution is -2.38. The molecule has 1 heterocycles. The lowest BCUT2D eigenvalue weighted by Gasteiger charge is -2.18. The summed E-state index contributed by atoms with van der Waals surface area (Å²) in [7, 11) is -1.27. The Kier molecular flexibility index (Phi) is 2.73. The van der Waals surface area contributed by atoms with Crippen LogP contribution in [0, 0.1) is 0 Å². The summed E-state index contributed by atoms with van der Waals surface area (Å²) < 4.78 is 5.57. The molecule has 0 aliphatic carbocycles. The Labute approximate surface area is 98.3 Å². The second-order valence-electron chi connectivity index (χ2n) is 5.73. The van der Waals surface area contributed by atoms with E-state index in [4.69, 9.17) is 9.84 Å². The maximum Gasteiger partial charge on any atom is 0.119 e. The van der Waals surface area contributed by atoms with Gasteiger partial charge >= 0.3 is 0 Å². The van der Waals surface area contributed by atoms with E-state index in [-0.39, 0.29) is 18.3 Å². The molecular formula is C13H20O2Si. The summed E-state index contributed by atoms with van der Waals surface area (Å²) in [5.41, 5.74) is 0.941. The molecule has 16 heavy (non-hydrogen) atoms. The molecule has 2 rings (SSSR count). The summed E-state index contributed by atoms with van der Waals surface area (Å²) >= 11 is 0. The molecule has 1 aliphatic rings. The Balaban J connectivity index is 2.31. The largest absolute Gasteiger partial charge is 0.394 e. The predicted molar refractivity (Wildman–Crippen MR) is 68.7 cm³/mol. The summed E-state index contributed by atoms with van der Waals surface area (Å²) in [5.74, 6) is 0. The van der Waals surface area contributed by atoms with Crippen LogP contribution in [0.1, 0.15) is 12.5 Å².